The maximum Gasteiger partial charge on any atom is 0.409 e. The maximum atomic E-state index is 12.4. The standard InChI is InChI=1S/C21H23NO3/c1-14-10-11-22(12-20(14)23)21(24)25-13-19-17-8-4-2-6-15(17)16-7-3-5-9-18(16)19/h2-9,14,19-20,23H,10-13H2,1H3/t14-,20+/m1/s1. The first-order valence-corrected chi connectivity index (χ1v) is 8.93. The molecule has 2 aromatic carbocycles. The zero-order valence-electron chi connectivity index (χ0n) is 14.4. The summed E-state index contributed by atoms with van der Waals surface area (Å²) in [5.41, 5.74) is 4.87. The molecule has 130 valence electrons. The van der Waals surface area contributed by atoms with Crippen molar-refractivity contribution in [3.05, 3.63) is 59.7 Å². The molecule has 4 heteroatoms. The maximum absolute atomic E-state index is 12.4. The van der Waals surface area contributed by atoms with Crippen LogP contribution in [0.4, 0.5) is 4.79 Å². The van der Waals surface area contributed by atoms with E-state index in [0.29, 0.717) is 19.7 Å². The molecule has 0 aromatic heterocycles. The van der Waals surface area contributed by atoms with E-state index in [2.05, 4.69) is 24.3 Å². The van der Waals surface area contributed by atoms with Gasteiger partial charge in [0.2, 0.25) is 0 Å². The molecule has 2 atom stereocenters. The molecule has 1 aliphatic heterocycles. The molecule has 0 saturated carbocycles. The smallest absolute Gasteiger partial charge is 0.409 e. The van der Waals surface area contributed by atoms with Crippen molar-refractivity contribution in [2.75, 3.05) is 19.7 Å². The van der Waals surface area contributed by atoms with E-state index in [4.69, 9.17) is 4.74 Å². The van der Waals surface area contributed by atoms with Crippen molar-refractivity contribution in [1.29, 1.82) is 0 Å². The van der Waals surface area contributed by atoms with Gasteiger partial charge in [-0.3, -0.25) is 0 Å². The van der Waals surface area contributed by atoms with Crippen molar-refractivity contribution >= 4 is 6.09 Å². The minimum Gasteiger partial charge on any atom is -0.448 e. The van der Waals surface area contributed by atoms with Crippen molar-refractivity contribution in [3.63, 3.8) is 0 Å². The van der Waals surface area contributed by atoms with Gasteiger partial charge < -0.3 is 14.7 Å². The van der Waals surface area contributed by atoms with Crippen molar-refractivity contribution in [3.8, 4) is 11.1 Å². The number of piperidine rings is 1. The fraction of sp³-hybridized carbons (Fsp3) is 0.381. The number of aliphatic hydroxyl groups excluding tert-OH is 1. The van der Waals surface area contributed by atoms with E-state index in [0.717, 1.165) is 6.42 Å². The second-order valence-electron chi connectivity index (χ2n) is 7.08. The van der Waals surface area contributed by atoms with Crippen LogP contribution < -0.4 is 0 Å². The van der Waals surface area contributed by atoms with Crippen molar-refractivity contribution in [1.82, 2.24) is 4.90 Å². The Morgan fingerprint density at radius 2 is 1.72 bits per heavy atom. The topological polar surface area (TPSA) is 49.8 Å². The molecule has 1 aliphatic carbocycles. The summed E-state index contributed by atoms with van der Waals surface area (Å²) < 4.78 is 5.64. The zero-order chi connectivity index (χ0) is 17.4. The molecule has 0 bridgehead atoms. The number of rotatable bonds is 2. The molecule has 0 radical (unpaired) electrons. The van der Waals surface area contributed by atoms with Crippen LogP contribution in [0.3, 0.4) is 0 Å². The minimum absolute atomic E-state index is 0.0741. The molecule has 4 rings (SSSR count). The second kappa shape index (κ2) is 6.52. The first kappa shape index (κ1) is 16.2. The molecule has 1 saturated heterocycles. The van der Waals surface area contributed by atoms with E-state index in [1.807, 2.05) is 31.2 Å². The number of benzene rings is 2. The number of hydrogen-bond donors (Lipinski definition) is 1. The number of carbonyl (C=O) groups is 1. The van der Waals surface area contributed by atoms with Gasteiger partial charge in [-0.1, -0.05) is 55.5 Å². The van der Waals surface area contributed by atoms with E-state index in [1.165, 1.54) is 22.3 Å². The SMILES string of the molecule is C[C@@H]1CCN(C(=O)OCC2c3ccccc3-c3ccccc32)C[C@@H]1O. The van der Waals surface area contributed by atoms with Gasteiger partial charge in [0.1, 0.15) is 6.61 Å². The Hall–Kier alpha value is -2.33. The Kier molecular flexibility index (Phi) is 4.22. The van der Waals surface area contributed by atoms with Crippen LogP contribution in [0.5, 0.6) is 0 Å². The predicted molar refractivity (Wildman–Crippen MR) is 96.4 cm³/mol. The molecule has 0 spiro atoms. The summed E-state index contributed by atoms with van der Waals surface area (Å²) in [4.78, 5) is 14.0. The highest BCUT2D eigenvalue weighted by Gasteiger charge is 2.31. The summed E-state index contributed by atoms with van der Waals surface area (Å²) in [7, 11) is 0. The third-order valence-corrected chi connectivity index (χ3v) is 5.51. The Morgan fingerprint density at radius 1 is 1.12 bits per heavy atom. The monoisotopic (exact) mass is 337 g/mol. The molecule has 1 heterocycles. The number of hydrogen-bond acceptors (Lipinski definition) is 3. The number of likely N-dealkylation sites (tertiary alicyclic amines) is 1. The van der Waals surface area contributed by atoms with Gasteiger partial charge in [-0.2, -0.15) is 0 Å². The minimum atomic E-state index is -0.464. The van der Waals surface area contributed by atoms with Gasteiger partial charge in [-0.15, -0.1) is 0 Å². The molecule has 2 aromatic rings. The van der Waals surface area contributed by atoms with Crippen LogP contribution in [0.1, 0.15) is 30.4 Å². The predicted octanol–water partition coefficient (Wildman–Crippen LogP) is 3.64. The van der Waals surface area contributed by atoms with Crippen LogP contribution in [0.25, 0.3) is 11.1 Å². The van der Waals surface area contributed by atoms with Crippen LogP contribution in [-0.4, -0.2) is 41.9 Å². The Bertz CT molecular complexity index is 743. The summed E-state index contributed by atoms with van der Waals surface area (Å²) in [6, 6.07) is 16.6. The van der Waals surface area contributed by atoms with E-state index in [-0.39, 0.29) is 17.9 Å². The number of carbonyl (C=O) groups excluding carboxylic acids is 1. The van der Waals surface area contributed by atoms with Gasteiger partial charge in [0.15, 0.2) is 0 Å². The molecule has 0 unspecified atom stereocenters. The summed E-state index contributed by atoms with van der Waals surface area (Å²) in [6.07, 6.45) is 0.0211. The van der Waals surface area contributed by atoms with E-state index >= 15 is 0 Å². The molecular weight excluding hydrogens is 314 g/mol. The molecule has 25 heavy (non-hydrogen) atoms. The van der Waals surface area contributed by atoms with Gasteiger partial charge in [0.25, 0.3) is 0 Å². The molecule has 1 fully saturated rings. The highest BCUT2D eigenvalue weighted by Crippen LogP contribution is 2.44. The molecular formula is C21H23NO3. The van der Waals surface area contributed by atoms with Gasteiger partial charge in [-0.05, 0) is 34.6 Å². The van der Waals surface area contributed by atoms with Gasteiger partial charge in [-0.25, -0.2) is 4.79 Å². The summed E-state index contributed by atoms with van der Waals surface area (Å²) in [5.74, 6) is 0.308. The normalized spacial score (nSPS) is 22.4. The number of nitrogens with zero attached hydrogens (tertiary/aromatic N) is 1. The van der Waals surface area contributed by atoms with E-state index < -0.39 is 6.10 Å². The number of amides is 1. The number of fused-ring (bicyclic) bond motifs is 3. The van der Waals surface area contributed by atoms with Crippen LogP contribution in [-0.2, 0) is 4.74 Å². The largest absolute Gasteiger partial charge is 0.448 e. The lowest BCUT2D eigenvalue weighted by molar-refractivity contribution is 0.0205. The number of β-amino-alcohol motifs (C(OH)–C–C–N with tert-alkyl or cyclic N) is 1. The van der Waals surface area contributed by atoms with Crippen LogP contribution >= 0.6 is 0 Å². The molecule has 2 aliphatic rings. The highest BCUT2D eigenvalue weighted by molar-refractivity contribution is 5.79. The van der Waals surface area contributed by atoms with Crippen LogP contribution in [0.15, 0.2) is 48.5 Å². The average Bonchev–Trinajstić information content (AvgIpc) is 2.96. The Labute approximate surface area is 148 Å². The van der Waals surface area contributed by atoms with E-state index in [1.54, 1.807) is 4.90 Å². The zero-order valence-corrected chi connectivity index (χ0v) is 14.4. The summed E-state index contributed by atoms with van der Waals surface area (Å²) in [6.45, 7) is 3.35. The first-order chi connectivity index (χ1) is 12.1. The Balaban J connectivity index is 1.49. The van der Waals surface area contributed by atoms with Crippen molar-refractivity contribution in [2.45, 2.75) is 25.4 Å². The molecule has 4 nitrogen and oxygen atoms in total. The first-order valence-electron chi connectivity index (χ1n) is 8.93. The second-order valence-corrected chi connectivity index (χ2v) is 7.08. The van der Waals surface area contributed by atoms with Crippen molar-refractivity contribution in [2.24, 2.45) is 5.92 Å². The lowest BCUT2D eigenvalue weighted by Crippen LogP contribution is -2.46. The van der Waals surface area contributed by atoms with Gasteiger partial charge >= 0.3 is 6.09 Å². The van der Waals surface area contributed by atoms with Crippen LogP contribution in [0.2, 0.25) is 0 Å². The van der Waals surface area contributed by atoms with Gasteiger partial charge in [0, 0.05) is 12.5 Å². The third kappa shape index (κ3) is 2.91. The fourth-order valence-electron chi connectivity index (χ4n) is 3.90. The quantitative estimate of drug-likeness (QED) is 0.910. The molecule has 1 amide bonds. The van der Waals surface area contributed by atoms with Crippen LogP contribution in [0, 0.1) is 5.92 Å². The number of aliphatic hydroxyl groups is 1. The third-order valence-electron chi connectivity index (χ3n) is 5.51. The lowest BCUT2D eigenvalue weighted by Gasteiger charge is -2.33. The summed E-state index contributed by atoms with van der Waals surface area (Å²) >= 11 is 0. The number of ether oxygens (including phenoxy) is 1. The van der Waals surface area contributed by atoms with E-state index in [9.17, 15) is 9.90 Å². The van der Waals surface area contributed by atoms with Crippen molar-refractivity contribution < 1.29 is 14.6 Å². The molecule has 1 N–H and O–H groups in total. The highest BCUT2D eigenvalue weighted by atomic mass is 16.6. The summed E-state index contributed by atoms with van der Waals surface area (Å²) in [5, 5.41) is 9.99. The lowest BCUT2D eigenvalue weighted by atomic mass is 9.96. The Morgan fingerprint density at radius 3 is 2.32 bits per heavy atom. The fourth-order valence-corrected chi connectivity index (χ4v) is 3.90. The average molecular weight is 337 g/mol. The van der Waals surface area contributed by atoms with Gasteiger partial charge in [0.05, 0.1) is 12.6 Å².